The van der Waals surface area contributed by atoms with Crippen LogP contribution in [0, 0.1) is 6.92 Å². The van der Waals surface area contributed by atoms with Crippen LogP contribution in [0.1, 0.15) is 50.9 Å². The molecule has 2 fully saturated rings. The molecule has 1 amide bonds. The first kappa shape index (κ1) is 24.3. The third kappa shape index (κ3) is 5.09. The van der Waals surface area contributed by atoms with Crippen LogP contribution in [-0.2, 0) is 9.47 Å². The molecule has 2 aliphatic rings. The van der Waals surface area contributed by atoms with E-state index in [2.05, 4.69) is 11.1 Å². The number of benzene rings is 1. The number of carbonyl (C=O) groups is 1. The molecule has 4 heterocycles. The fourth-order valence-electron chi connectivity index (χ4n) is 4.80. The molecule has 2 aromatic heterocycles. The van der Waals surface area contributed by atoms with E-state index in [1.54, 1.807) is 17.0 Å². The Balaban J connectivity index is 1.53. The van der Waals surface area contributed by atoms with E-state index >= 15 is 0 Å². The van der Waals surface area contributed by atoms with Crippen molar-refractivity contribution in [3.05, 3.63) is 47.9 Å². The Labute approximate surface area is 211 Å². The van der Waals surface area contributed by atoms with Crippen LogP contribution >= 0.6 is 0 Å². The topological polar surface area (TPSA) is 94.0 Å². The first-order valence-corrected chi connectivity index (χ1v) is 12.5. The SMILES string of the molecule is Cc1cc(-c2c(C3CCOCC3)nc(OC3CN(C(=O)OC(C)(C)C)C3)c3cc(O)ccc23)ccn1. The highest BCUT2D eigenvalue weighted by Gasteiger charge is 2.36. The molecule has 2 saturated heterocycles. The molecule has 1 N–H and O–H groups in total. The van der Waals surface area contributed by atoms with Gasteiger partial charge in [-0.2, -0.15) is 0 Å². The van der Waals surface area contributed by atoms with Crippen LogP contribution < -0.4 is 4.74 Å². The van der Waals surface area contributed by atoms with Gasteiger partial charge in [0, 0.05) is 42.0 Å². The van der Waals surface area contributed by atoms with Crippen LogP contribution in [0.25, 0.3) is 21.9 Å². The maximum absolute atomic E-state index is 12.4. The van der Waals surface area contributed by atoms with E-state index in [4.69, 9.17) is 19.2 Å². The van der Waals surface area contributed by atoms with E-state index in [1.807, 2.05) is 46.0 Å². The van der Waals surface area contributed by atoms with E-state index in [9.17, 15) is 9.90 Å². The second kappa shape index (κ2) is 9.58. The number of phenolic OH excluding ortho intramolecular Hbond substituents is 1. The first-order chi connectivity index (χ1) is 17.2. The van der Waals surface area contributed by atoms with Gasteiger partial charge in [0.05, 0.1) is 18.8 Å². The number of rotatable bonds is 4. The summed E-state index contributed by atoms with van der Waals surface area (Å²) in [5.41, 5.74) is 3.44. The minimum Gasteiger partial charge on any atom is -0.508 e. The van der Waals surface area contributed by atoms with Gasteiger partial charge in [0.25, 0.3) is 0 Å². The third-order valence-electron chi connectivity index (χ3n) is 6.55. The molecule has 5 rings (SSSR count). The van der Waals surface area contributed by atoms with Gasteiger partial charge in [-0.25, -0.2) is 9.78 Å². The molecule has 36 heavy (non-hydrogen) atoms. The Morgan fingerprint density at radius 3 is 2.56 bits per heavy atom. The Morgan fingerprint density at radius 1 is 1.11 bits per heavy atom. The molecule has 8 nitrogen and oxygen atoms in total. The Kier molecular flexibility index (Phi) is 6.47. The van der Waals surface area contributed by atoms with E-state index < -0.39 is 5.60 Å². The maximum atomic E-state index is 12.4. The number of aromatic nitrogens is 2. The van der Waals surface area contributed by atoms with Crippen molar-refractivity contribution in [2.24, 2.45) is 0 Å². The number of fused-ring (bicyclic) bond motifs is 1. The van der Waals surface area contributed by atoms with Crippen molar-refractivity contribution < 1.29 is 24.1 Å². The number of phenols is 1. The lowest BCUT2D eigenvalue weighted by atomic mass is 9.87. The van der Waals surface area contributed by atoms with Gasteiger partial charge in [-0.15, -0.1) is 0 Å². The van der Waals surface area contributed by atoms with Crippen LogP contribution in [0.4, 0.5) is 4.79 Å². The van der Waals surface area contributed by atoms with Gasteiger partial charge in [0.15, 0.2) is 0 Å². The molecule has 1 aromatic carbocycles. The monoisotopic (exact) mass is 491 g/mol. The summed E-state index contributed by atoms with van der Waals surface area (Å²) < 4.78 is 17.5. The lowest BCUT2D eigenvalue weighted by molar-refractivity contribution is -0.0228. The molecule has 0 spiro atoms. The maximum Gasteiger partial charge on any atom is 0.410 e. The third-order valence-corrected chi connectivity index (χ3v) is 6.55. The van der Waals surface area contributed by atoms with Gasteiger partial charge < -0.3 is 24.2 Å². The molecule has 0 aliphatic carbocycles. The van der Waals surface area contributed by atoms with Crippen molar-refractivity contribution >= 4 is 16.9 Å². The van der Waals surface area contributed by atoms with E-state index in [1.165, 1.54) is 0 Å². The van der Waals surface area contributed by atoms with Crippen LogP contribution in [0.3, 0.4) is 0 Å². The predicted molar refractivity (Wildman–Crippen MR) is 136 cm³/mol. The fourth-order valence-corrected chi connectivity index (χ4v) is 4.80. The number of hydrogen-bond donors (Lipinski definition) is 1. The zero-order valence-corrected chi connectivity index (χ0v) is 21.3. The van der Waals surface area contributed by atoms with Crippen molar-refractivity contribution in [2.45, 2.75) is 58.2 Å². The second-order valence-corrected chi connectivity index (χ2v) is 10.6. The molecular weight excluding hydrogens is 458 g/mol. The number of ether oxygens (including phenoxy) is 3. The lowest BCUT2D eigenvalue weighted by Gasteiger charge is -2.39. The Hall–Kier alpha value is -3.39. The zero-order chi connectivity index (χ0) is 25.4. The molecule has 0 bridgehead atoms. The number of hydrogen-bond acceptors (Lipinski definition) is 7. The lowest BCUT2D eigenvalue weighted by Crippen LogP contribution is -2.57. The molecular formula is C28H33N3O5. The fraction of sp³-hybridized carbons (Fsp3) is 0.464. The van der Waals surface area contributed by atoms with Crippen LogP contribution in [0.5, 0.6) is 11.6 Å². The molecule has 0 saturated carbocycles. The van der Waals surface area contributed by atoms with Crippen molar-refractivity contribution in [3.63, 3.8) is 0 Å². The highest BCUT2D eigenvalue weighted by atomic mass is 16.6. The van der Waals surface area contributed by atoms with Gasteiger partial charge in [-0.1, -0.05) is 0 Å². The molecule has 8 heteroatoms. The summed E-state index contributed by atoms with van der Waals surface area (Å²) >= 11 is 0. The Morgan fingerprint density at radius 2 is 1.86 bits per heavy atom. The van der Waals surface area contributed by atoms with E-state index in [-0.39, 0.29) is 23.9 Å². The number of nitrogens with zero attached hydrogens (tertiary/aromatic N) is 3. The van der Waals surface area contributed by atoms with Gasteiger partial charge in [0.2, 0.25) is 5.88 Å². The van der Waals surface area contributed by atoms with E-state index in [0.717, 1.165) is 46.1 Å². The molecule has 0 atom stereocenters. The van der Waals surface area contributed by atoms with Crippen LogP contribution in [-0.4, -0.2) is 64.1 Å². The molecule has 0 radical (unpaired) electrons. The highest BCUT2D eigenvalue weighted by molar-refractivity contribution is 6.01. The Bertz CT molecular complexity index is 1270. The second-order valence-electron chi connectivity index (χ2n) is 10.6. The summed E-state index contributed by atoms with van der Waals surface area (Å²) in [5.74, 6) is 0.849. The largest absolute Gasteiger partial charge is 0.508 e. The van der Waals surface area contributed by atoms with Gasteiger partial charge >= 0.3 is 6.09 Å². The highest BCUT2D eigenvalue weighted by Crippen LogP contribution is 2.42. The quantitative estimate of drug-likeness (QED) is 0.536. The number of aromatic hydroxyl groups is 1. The van der Waals surface area contributed by atoms with Crippen molar-refractivity contribution in [1.29, 1.82) is 0 Å². The van der Waals surface area contributed by atoms with Crippen molar-refractivity contribution in [2.75, 3.05) is 26.3 Å². The number of likely N-dealkylation sites (tertiary alicyclic amines) is 1. The first-order valence-electron chi connectivity index (χ1n) is 12.5. The summed E-state index contributed by atoms with van der Waals surface area (Å²) in [4.78, 5) is 23.4. The summed E-state index contributed by atoms with van der Waals surface area (Å²) in [6, 6.07) is 9.40. The predicted octanol–water partition coefficient (Wildman–Crippen LogP) is 5.20. The molecule has 0 unspecified atom stereocenters. The minimum absolute atomic E-state index is 0.147. The average molecular weight is 492 g/mol. The number of aryl methyl sites for hydroxylation is 1. The average Bonchev–Trinajstić information content (AvgIpc) is 2.80. The van der Waals surface area contributed by atoms with Crippen LogP contribution in [0.2, 0.25) is 0 Å². The zero-order valence-electron chi connectivity index (χ0n) is 21.3. The van der Waals surface area contributed by atoms with Gasteiger partial charge in [-0.05, 0) is 81.8 Å². The van der Waals surface area contributed by atoms with Crippen molar-refractivity contribution in [1.82, 2.24) is 14.9 Å². The summed E-state index contributed by atoms with van der Waals surface area (Å²) in [7, 11) is 0. The normalized spacial score (nSPS) is 17.2. The molecule has 2 aliphatic heterocycles. The van der Waals surface area contributed by atoms with Crippen LogP contribution in [0.15, 0.2) is 36.5 Å². The number of carbonyl (C=O) groups excluding carboxylic acids is 1. The van der Waals surface area contributed by atoms with Gasteiger partial charge in [0.1, 0.15) is 17.5 Å². The molecule has 3 aromatic rings. The van der Waals surface area contributed by atoms with Crippen molar-refractivity contribution in [3.8, 4) is 22.8 Å². The summed E-state index contributed by atoms with van der Waals surface area (Å²) in [6.45, 7) is 9.77. The van der Waals surface area contributed by atoms with E-state index in [0.29, 0.717) is 32.2 Å². The summed E-state index contributed by atoms with van der Waals surface area (Å²) in [6.07, 6.45) is 3.02. The number of pyridine rings is 2. The standard InChI is InChI=1S/C28H33N3O5/c1-17-13-19(7-10-29-17)24-22-6-5-20(32)14-23(22)26(30-25(24)18-8-11-34-12-9-18)35-21-15-31(16-21)27(33)36-28(2,3)4/h5-7,10,13-14,18,21,32H,8-9,11-12,15-16H2,1-4H3. The summed E-state index contributed by atoms with van der Waals surface area (Å²) in [5, 5.41) is 12.0. The smallest absolute Gasteiger partial charge is 0.410 e. The van der Waals surface area contributed by atoms with Gasteiger partial charge in [-0.3, -0.25) is 4.98 Å². The number of amides is 1. The molecule has 190 valence electrons. The minimum atomic E-state index is -0.544.